The van der Waals surface area contributed by atoms with Gasteiger partial charge in [-0.2, -0.15) is 0 Å². The Morgan fingerprint density at radius 3 is 2.64 bits per heavy atom. The number of hydrogen-bond donors (Lipinski definition) is 2. The van der Waals surface area contributed by atoms with Gasteiger partial charge in [0, 0.05) is 44.3 Å². The first-order valence-corrected chi connectivity index (χ1v) is 9.31. The highest BCUT2D eigenvalue weighted by molar-refractivity contribution is 6.39. The molecule has 3 rings (SSSR count). The summed E-state index contributed by atoms with van der Waals surface area (Å²) in [7, 11) is 1.94. The normalized spacial score (nSPS) is 15.8. The molecule has 2 aromatic rings. The average Bonchev–Trinajstić information content (AvgIpc) is 3.11. The van der Waals surface area contributed by atoms with Crippen LogP contribution in [-0.4, -0.2) is 54.1 Å². The highest BCUT2D eigenvalue weighted by Gasteiger charge is 2.26. The first kappa shape index (κ1) is 20.3. The summed E-state index contributed by atoms with van der Waals surface area (Å²) in [4.78, 5) is 26.6. The number of hydrogen-bond acceptors (Lipinski definition) is 4. The molecule has 28 heavy (non-hydrogen) atoms. The van der Waals surface area contributed by atoms with Gasteiger partial charge < -0.3 is 19.9 Å². The fourth-order valence-electron chi connectivity index (χ4n) is 3.16. The second-order valence-corrected chi connectivity index (χ2v) is 6.91. The van der Waals surface area contributed by atoms with Gasteiger partial charge in [-0.25, -0.2) is 4.39 Å². The quantitative estimate of drug-likeness (QED) is 0.741. The Bertz CT molecular complexity index is 851. The molecule has 2 N–H and O–H groups in total. The second kappa shape index (κ2) is 9.18. The van der Waals surface area contributed by atoms with Gasteiger partial charge in [0.1, 0.15) is 5.82 Å². The van der Waals surface area contributed by atoms with Gasteiger partial charge in [-0.15, -0.1) is 0 Å². The van der Waals surface area contributed by atoms with E-state index in [4.69, 9.17) is 16.3 Å². The Morgan fingerprint density at radius 1 is 1.25 bits per heavy atom. The predicted octanol–water partition coefficient (Wildman–Crippen LogP) is 1.95. The molecular weight excluding hydrogens is 387 g/mol. The summed E-state index contributed by atoms with van der Waals surface area (Å²) < 4.78 is 20.6. The minimum absolute atomic E-state index is 0.0825. The summed E-state index contributed by atoms with van der Waals surface area (Å²) >= 11 is 5.69. The number of benzene rings is 1. The number of anilines is 1. The molecule has 1 saturated heterocycles. The van der Waals surface area contributed by atoms with Gasteiger partial charge >= 0.3 is 11.8 Å². The Balaban J connectivity index is 1.63. The van der Waals surface area contributed by atoms with Crippen molar-refractivity contribution < 1.29 is 18.7 Å². The lowest BCUT2D eigenvalue weighted by molar-refractivity contribution is -0.136. The highest BCUT2D eigenvalue weighted by atomic mass is 35.5. The van der Waals surface area contributed by atoms with Crippen LogP contribution < -0.4 is 10.6 Å². The highest BCUT2D eigenvalue weighted by Crippen LogP contribution is 2.22. The third-order valence-electron chi connectivity index (χ3n) is 4.65. The summed E-state index contributed by atoms with van der Waals surface area (Å²) in [5.74, 6) is -2.21. The molecule has 2 amide bonds. The minimum atomic E-state index is -0.838. The maximum atomic E-state index is 13.2. The molecule has 1 atom stereocenters. The van der Waals surface area contributed by atoms with Crippen LogP contribution in [0.25, 0.3) is 0 Å². The van der Waals surface area contributed by atoms with Crippen molar-refractivity contribution in [3.8, 4) is 0 Å². The number of morpholine rings is 1. The fraction of sp³-hybridized carbons (Fsp3) is 0.368. The Kier molecular flexibility index (Phi) is 6.66. The zero-order valence-electron chi connectivity index (χ0n) is 15.5. The van der Waals surface area contributed by atoms with E-state index in [1.807, 2.05) is 29.9 Å². The zero-order valence-corrected chi connectivity index (χ0v) is 16.2. The van der Waals surface area contributed by atoms with Crippen LogP contribution in [0, 0.1) is 5.82 Å². The molecule has 1 aromatic heterocycles. The standard InChI is InChI=1S/C19H22ClFN4O3/c1-24-6-2-3-16(24)17(25-7-9-28-10-8-25)12-22-18(26)19(27)23-13-4-5-15(21)14(20)11-13/h2-6,11,17H,7-10,12H2,1H3,(H,22,26)(H,23,27). The number of nitrogens with zero attached hydrogens (tertiary/aromatic N) is 2. The van der Waals surface area contributed by atoms with Gasteiger partial charge in [0.15, 0.2) is 0 Å². The van der Waals surface area contributed by atoms with Gasteiger partial charge in [0.25, 0.3) is 0 Å². The molecule has 1 aliphatic heterocycles. The third-order valence-corrected chi connectivity index (χ3v) is 4.94. The topological polar surface area (TPSA) is 75.6 Å². The molecule has 0 bridgehead atoms. The van der Waals surface area contributed by atoms with Crippen molar-refractivity contribution in [2.45, 2.75) is 6.04 Å². The molecule has 1 fully saturated rings. The third kappa shape index (κ3) is 4.89. The van der Waals surface area contributed by atoms with Crippen LogP contribution in [0.1, 0.15) is 11.7 Å². The van der Waals surface area contributed by atoms with Crippen molar-refractivity contribution in [3.05, 3.63) is 53.1 Å². The smallest absolute Gasteiger partial charge is 0.313 e. The number of aryl methyl sites for hydroxylation is 1. The number of carbonyl (C=O) groups is 2. The largest absolute Gasteiger partial charge is 0.379 e. The van der Waals surface area contributed by atoms with E-state index in [1.165, 1.54) is 12.1 Å². The van der Waals surface area contributed by atoms with Gasteiger partial charge in [-0.05, 0) is 30.3 Å². The van der Waals surface area contributed by atoms with Crippen LogP contribution in [0.4, 0.5) is 10.1 Å². The molecule has 9 heteroatoms. The molecule has 150 valence electrons. The van der Waals surface area contributed by atoms with Crippen molar-refractivity contribution in [2.24, 2.45) is 7.05 Å². The number of nitrogens with one attached hydrogen (secondary N) is 2. The average molecular weight is 409 g/mol. The fourth-order valence-corrected chi connectivity index (χ4v) is 3.34. The van der Waals surface area contributed by atoms with Gasteiger partial charge in [0.2, 0.25) is 0 Å². The first-order valence-electron chi connectivity index (χ1n) is 8.93. The van der Waals surface area contributed by atoms with E-state index in [0.717, 1.165) is 24.8 Å². The number of carbonyl (C=O) groups excluding carboxylic acids is 2. The molecule has 0 saturated carbocycles. The number of rotatable bonds is 5. The molecule has 0 spiro atoms. The summed E-state index contributed by atoms with van der Waals surface area (Å²) in [5.41, 5.74) is 1.28. The van der Waals surface area contributed by atoms with Gasteiger partial charge in [0.05, 0.1) is 24.3 Å². The van der Waals surface area contributed by atoms with E-state index in [0.29, 0.717) is 13.2 Å². The Hall–Kier alpha value is -2.42. The van der Waals surface area contributed by atoms with E-state index < -0.39 is 17.6 Å². The molecule has 1 aromatic carbocycles. The molecule has 2 heterocycles. The van der Waals surface area contributed by atoms with Crippen LogP contribution in [0.5, 0.6) is 0 Å². The van der Waals surface area contributed by atoms with Gasteiger partial charge in [-0.1, -0.05) is 11.6 Å². The molecule has 7 nitrogen and oxygen atoms in total. The molecular formula is C19H22ClFN4O3. The second-order valence-electron chi connectivity index (χ2n) is 6.50. The van der Waals surface area contributed by atoms with Crippen LogP contribution in [0.15, 0.2) is 36.5 Å². The maximum absolute atomic E-state index is 13.2. The predicted molar refractivity (Wildman–Crippen MR) is 104 cm³/mol. The summed E-state index contributed by atoms with van der Waals surface area (Å²) in [5, 5.41) is 4.98. The van der Waals surface area contributed by atoms with Crippen molar-refractivity contribution >= 4 is 29.1 Å². The van der Waals surface area contributed by atoms with Crippen LogP contribution >= 0.6 is 11.6 Å². The van der Waals surface area contributed by atoms with Crippen LogP contribution in [0.3, 0.4) is 0 Å². The minimum Gasteiger partial charge on any atom is -0.379 e. The van der Waals surface area contributed by atoms with Crippen molar-refractivity contribution in [1.82, 2.24) is 14.8 Å². The SMILES string of the molecule is Cn1cccc1C(CNC(=O)C(=O)Nc1ccc(F)c(Cl)c1)N1CCOCC1. The van der Waals surface area contributed by atoms with E-state index >= 15 is 0 Å². The molecule has 1 aliphatic rings. The van der Waals surface area contributed by atoms with E-state index in [2.05, 4.69) is 15.5 Å². The molecule has 0 radical (unpaired) electrons. The van der Waals surface area contributed by atoms with Crippen molar-refractivity contribution in [1.29, 1.82) is 0 Å². The lowest BCUT2D eigenvalue weighted by Gasteiger charge is -2.34. The lowest BCUT2D eigenvalue weighted by Crippen LogP contribution is -2.46. The summed E-state index contributed by atoms with van der Waals surface area (Å²) in [6.45, 7) is 3.01. The monoisotopic (exact) mass is 408 g/mol. The van der Waals surface area contributed by atoms with Crippen molar-refractivity contribution in [3.63, 3.8) is 0 Å². The number of ether oxygens (including phenoxy) is 1. The lowest BCUT2D eigenvalue weighted by atomic mass is 10.1. The summed E-state index contributed by atoms with van der Waals surface area (Å²) in [6, 6.07) is 7.57. The van der Waals surface area contributed by atoms with Gasteiger partial charge in [-0.3, -0.25) is 14.5 Å². The number of amides is 2. The maximum Gasteiger partial charge on any atom is 0.313 e. The van der Waals surface area contributed by atoms with Crippen LogP contribution in [0.2, 0.25) is 5.02 Å². The van der Waals surface area contributed by atoms with E-state index in [9.17, 15) is 14.0 Å². The van der Waals surface area contributed by atoms with Crippen LogP contribution in [-0.2, 0) is 21.4 Å². The molecule has 1 unspecified atom stereocenters. The number of aromatic nitrogens is 1. The zero-order chi connectivity index (χ0) is 20.1. The van der Waals surface area contributed by atoms with Crippen molar-refractivity contribution in [2.75, 3.05) is 38.2 Å². The van der Waals surface area contributed by atoms with E-state index in [-0.39, 0.29) is 23.3 Å². The first-order chi connectivity index (χ1) is 13.5. The molecule has 0 aliphatic carbocycles. The number of halogens is 2. The van der Waals surface area contributed by atoms with E-state index in [1.54, 1.807) is 0 Å². The Morgan fingerprint density at radius 2 is 2.00 bits per heavy atom. The Labute approximate surface area is 167 Å². The summed E-state index contributed by atoms with van der Waals surface area (Å²) in [6.07, 6.45) is 1.94.